The van der Waals surface area contributed by atoms with Crippen LogP contribution < -0.4 is 0 Å². The summed E-state index contributed by atoms with van der Waals surface area (Å²) in [5, 5.41) is 0.414. The van der Waals surface area contributed by atoms with Crippen molar-refractivity contribution in [2.24, 2.45) is 0 Å². The topological polar surface area (TPSA) is 29.5 Å². The molecule has 1 heterocycles. The van der Waals surface area contributed by atoms with Crippen LogP contribution >= 0.6 is 11.6 Å². The van der Waals surface area contributed by atoms with Crippen molar-refractivity contribution in [2.75, 3.05) is 13.1 Å². The van der Waals surface area contributed by atoms with E-state index in [1.807, 2.05) is 0 Å². The summed E-state index contributed by atoms with van der Waals surface area (Å²) in [6.07, 6.45) is 1.33. The van der Waals surface area contributed by atoms with E-state index >= 15 is 0 Å². The van der Waals surface area contributed by atoms with Crippen LogP contribution in [-0.2, 0) is 11.3 Å². The van der Waals surface area contributed by atoms with Gasteiger partial charge in [0, 0.05) is 18.7 Å². The van der Waals surface area contributed by atoms with E-state index in [0.717, 1.165) is 18.9 Å². The number of hydrogen-bond donors (Lipinski definition) is 0. The highest BCUT2D eigenvalue weighted by Gasteiger charge is 2.26. The summed E-state index contributed by atoms with van der Waals surface area (Å²) in [7, 11) is 0. The molecule has 0 spiro atoms. The first kappa shape index (κ1) is 17.8. The molecule has 3 rings (SSSR count). The van der Waals surface area contributed by atoms with Gasteiger partial charge in [-0.05, 0) is 31.0 Å². The maximum absolute atomic E-state index is 13.7. The maximum Gasteiger partial charge on any atom is 0.255 e. The number of nitrogens with zero attached hydrogens (tertiary/aromatic N) is 1. The van der Waals surface area contributed by atoms with Crippen LogP contribution in [0.3, 0.4) is 0 Å². The second-order valence-corrected chi connectivity index (χ2v) is 6.43. The van der Waals surface area contributed by atoms with Crippen LogP contribution in [0.5, 0.6) is 0 Å². The average molecular weight is 366 g/mol. The highest BCUT2D eigenvalue weighted by atomic mass is 35.5. The Morgan fingerprint density at radius 1 is 1.20 bits per heavy atom. The van der Waals surface area contributed by atoms with Crippen molar-refractivity contribution >= 4 is 17.5 Å². The van der Waals surface area contributed by atoms with E-state index in [2.05, 4.69) is 0 Å². The lowest BCUT2D eigenvalue weighted by atomic mass is 10.1. The summed E-state index contributed by atoms with van der Waals surface area (Å²) >= 11 is 6.09. The molecule has 1 saturated heterocycles. The van der Waals surface area contributed by atoms with E-state index < -0.39 is 11.6 Å². The minimum atomic E-state index is -0.889. The molecule has 6 heteroatoms. The molecule has 132 valence electrons. The monoisotopic (exact) mass is 365 g/mol. The van der Waals surface area contributed by atoms with Crippen molar-refractivity contribution in [3.05, 3.63) is 70.2 Å². The number of carbonyl (C=O) groups is 1. The molecular formula is C19H18ClF2NO2. The summed E-state index contributed by atoms with van der Waals surface area (Å²) in [4.78, 5) is 14.3. The van der Waals surface area contributed by atoms with Gasteiger partial charge in [-0.3, -0.25) is 4.79 Å². The lowest BCUT2D eigenvalue weighted by Gasteiger charge is -2.33. The van der Waals surface area contributed by atoms with E-state index in [1.54, 1.807) is 29.2 Å². The largest absolute Gasteiger partial charge is 0.372 e. The molecule has 2 aromatic carbocycles. The first-order chi connectivity index (χ1) is 12.1. The summed E-state index contributed by atoms with van der Waals surface area (Å²) in [6.45, 7) is 1.00. The lowest BCUT2D eigenvalue weighted by molar-refractivity contribution is -0.00776. The smallest absolute Gasteiger partial charge is 0.255 e. The third-order valence-corrected chi connectivity index (χ3v) is 4.61. The van der Waals surface area contributed by atoms with Crippen molar-refractivity contribution < 1.29 is 18.3 Å². The Morgan fingerprint density at radius 2 is 2.00 bits per heavy atom. The number of piperidine rings is 1. The first-order valence-electron chi connectivity index (χ1n) is 8.14. The van der Waals surface area contributed by atoms with Gasteiger partial charge in [-0.15, -0.1) is 0 Å². The van der Waals surface area contributed by atoms with Gasteiger partial charge in [0.25, 0.3) is 5.91 Å². The van der Waals surface area contributed by atoms with Crippen LogP contribution in [0.4, 0.5) is 8.78 Å². The zero-order valence-electron chi connectivity index (χ0n) is 13.6. The molecule has 1 amide bonds. The first-order valence-corrected chi connectivity index (χ1v) is 8.52. The molecule has 2 aromatic rings. The molecule has 0 N–H and O–H groups in total. The molecular weight excluding hydrogens is 348 g/mol. The van der Waals surface area contributed by atoms with Crippen LogP contribution in [0.1, 0.15) is 28.8 Å². The fraction of sp³-hybridized carbons (Fsp3) is 0.316. The van der Waals surface area contributed by atoms with Gasteiger partial charge in [-0.25, -0.2) is 8.78 Å². The summed E-state index contributed by atoms with van der Waals surface area (Å²) < 4.78 is 32.7. The molecule has 3 nitrogen and oxygen atoms in total. The van der Waals surface area contributed by atoms with E-state index in [0.29, 0.717) is 23.7 Å². The molecule has 0 aliphatic carbocycles. The van der Waals surface area contributed by atoms with Crippen LogP contribution in [0.2, 0.25) is 5.02 Å². The molecule has 1 aliphatic rings. The van der Waals surface area contributed by atoms with Crippen LogP contribution in [0.15, 0.2) is 42.5 Å². The van der Waals surface area contributed by atoms with Gasteiger partial charge in [-0.2, -0.15) is 0 Å². The van der Waals surface area contributed by atoms with Gasteiger partial charge >= 0.3 is 0 Å². The summed E-state index contributed by atoms with van der Waals surface area (Å²) in [5.41, 5.74) is 0.635. The minimum absolute atomic E-state index is 0.0254. The summed E-state index contributed by atoms with van der Waals surface area (Å²) in [5.74, 6) is -1.92. The molecule has 0 saturated carbocycles. The van der Waals surface area contributed by atoms with Gasteiger partial charge in [0.2, 0.25) is 0 Å². The molecule has 0 bridgehead atoms. The number of benzene rings is 2. The SMILES string of the molecule is O=C(c1ccccc1Cl)N1CCC[C@@H](OCc2cccc(F)c2F)C1. The second-order valence-electron chi connectivity index (χ2n) is 6.02. The third kappa shape index (κ3) is 4.17. The predicted octanol–water partition coefficient (Wildman–Crippen LogP) is 4.44. The zero-order chi connectivity index (χ0) is 17.8. The zero-order valence-corrected chi connectivity index (χ0v) is 14.3. The Bertz CT molecular complexity index is 769. The minimum Gasteiger partial charge on any atom is -0.372 e. The van der Waals surface area contributed by atoms with Crippen molar-refractivity contribution in [3.8, 4) is 0 Å². The van der Waals surface area contributed by atoms with Crippen molar-refractivity contribution in [1.29, 1.82) is 0 Å². The van der Waals surface area contributed by atoms with E-state index in [4.69, 9.17) is 16.3 Å². The molecule has 1 aliphatic heterocycles. The van der Waals surface area contributed by atoms with Crippen molar-refractivity contribution in [2.45, 2.75) is 25.6 Å². The van der Waals surface area contributed by atoms with E-state index in [9.17, 15) is 13.6 Å². The van der Waals surface area contributed by atoms with Gasteiger partial charge in [-0.1, -0.05) is 35.9 Å². The molecule has 0 aromatic heterocycles. The Morgan fingerprint density at radius 3 is 2.80 bits per heavy atom. The quantitative estimate of drug-likeness (QED) is 0.801. The average Bonchev–Trinajstić information content (AvgIpc) is 2.63. The molecule has 1 fully saturated rings. The number of ether oxygens (including phenoxy) is 1. The Hall–Kier alpha value is -1.98. The normalized spacial score (nSPS) is 17.6. The lowest BCUT2D eigenvalue weighted by Crippen LogP contribution is -2.43. The molecule has 0 unspecified atom stereocenters. The standard InChI is InChI=1S/C19H18ClF2NO2/c20-16-8-2-1-7-15(16)19(24)23-10-4-6-14(11-23)25-12-13-5-3-9-17(21)18(13)22/h1-3,5,7-9,14H,4,6,10-12H2/t14-/m1/s1. The molecule has 1 atom stereocenters. The van der Waals surface area contributed by atoms with Gasteiger partial charge < -0.3 is 9.64 Å². The van der Waals surface area contributed by atoms with Crippen LogP contribution in [0.25, 0.3) is 0 Å². The van der Waals surface area contributed by atoms with E-state index in [1.165, 1.54) is 12.1 Å². The van der Waals surface area contributed by atoms with Gasteiger partial charge in [0.15, 0.2) is 11.6 Å². The van der Waals surface area contributed by atoms with Crippen LogP contribution in [-0.4, -0.2) is 30.0 Å². The summed E-state index contributed by atoms with van der Waals surface area (Å²) in [6, 6.07) is 10.9. The molecule has 25 heavy (non-hydrogen) atoms. The van der Waals surface area contributed by atoms with Gasteiger partial charge in [0.05, 0.1) is 23.3 Å². The number of carbonyl (C=O) groups excluding carboxylic acids is 1. The Balaban J connectivity index is 1.62. The number of hydrogen-bond acceptors (Lipinski definition) is 2. The van der Waals surface area contributed by atoms with Crippen LogP contribution in [0, 0.1) is 11.6 Å². The number of likely N-dealkylation sites (tertiary alicyclic amines) is 1. The highest BCUT2D eigenvalue weighted by molar-refractivity contribution is 6.33. The van der Waals surface area contributed by atoms with Crippen molar-refractivity contribution in [1.82, 2.24) is 4.90 Å². The Kier molecular flexibility index (Phi) is 5.66. The second kappa shape index (κ2) is 7.93. The third-order valence-electron chi connectivity index (χ3n) is 4.28. The van der Waals surface area contributed by atoms with E-state index in [-0.39, 0.29) is 24.2 Å². The van der Waals surface area contributed by atoms with Gasteiger partial charge in [0.1, 0.15) is 0 Å². The molecule has 0 radical (unpaired) electrons. The maximum atomic E-state index is 13.7. The number of rotatable bonds is 4. The number of halogens is 3. The Labute approximate surface area is 150 Å². The fourth-order valence-corrected chi connectivity index (χ4v) is 3.15. The van der Waals surface area contributed by atoms with Crippen molar-refractivity contribution in [3.63, 3.8) is 0 Å². The number of amides is 1. The predicted molar refractivity (Wildman–Crippen MR) is 91.5 cm³/mol. The fourth-order valence-electron chi connectivity index (χ4n) is 2.93. The highest BCUT2D eigenvalue weighted by Crippen LogP contribution is 2.22.